The van der Waals surface area contributed by atoms with Crippen LogP contribution in [0.2, 0.25) is 0 Å². The maximum Gasteiger partial charge on any atom is 0.416 e. The molecule has 5 rings (SSSR count). The highest BCUT2D eigenvalue weighted by Crippen LogP contribution is 2.37. The Kier molecular flexibility index (Phi) is 6.71. The first-order valence-corrected chi connectivity index (χ1v) is 13.4. The van der Waals surface area contributed by atoms with Crippen molar-refractivity contribution in [3.63, 3.8) is 0 Å². The number of anilines is 1. The monoisotopic (exact) mass is 556 g/mol. The molecule has 0 saturated heterocycles. The van der Waals surface area contributed by atoms with Crippen molar-refractivity contribution in [3.05, 3.63) is 95.4 Å². The Labute approximate surface area is 222 Å². The molecule has 7 nitrogen and oxygen atoms in total. The number of para-hydroxylation sites is 1. The topological polar surface area (TPSA) is 89.7 Å². The molecular formula is C28H23F3N2O5S. The predicted octanol–water partition coefficient (Wildman–Crippen LogP) is 5.96. The summed E-state index contributed by atoms with van der Waals surface area (Å²) in [5, 5.41) is 0. The van der Waals surface area contributed by atoms with Crippen molar-refractivity contribution in [1.82, 2.24) is 4.98 Å². The highest BCUT2D eigenvalue weighted by Gasteiger charge is 2.40. The van der Waals surface area contributed by atoms with Crippen molar-refractivity contribution in [2.75, 3.05) is 4.31 Å². The normalized spacial score (nSPS) is 15.3. The number of oxazole rings is 1. The molecular weight excluding hydrogens is 533 g/mol. The number of aryl methyl sites for hydroxylation is 1. The van der Waals surface area contributed by atoms with Crippen LogP contribution in [0.15, 0.2) is 82.1 Å². The molecule has 0 radical (unpaired) electrons. The molecule has 202 valence electrons. The third-order valence-corrected chi connectivity index (χ3v) is 8.34. The van der Waals surface area contributed by atoms with Crippen LogP contribution in [-0.4, -0.2) is 25.2 Å². The van der Waals surface area contributed by atoms with Gasteiger partial charge in [0.2, 0.25) is 5.89 Å². The fraction of sp³-hybridized carbons (Fsp3) is 0.214. The van der Waals surface area contributed by atoms with Crippen LogP contribution in [0, 0.1) is 6.92 Å². The summed E-state index contributed by atoms with van der Waals surface area (Å²) in [7, 11) is -4.02. The molecule has 3 aromatic carbocycles. The quantitative estimate of drug-likeness (QED) is 0.279. The number of nitrogens with zero attached hydrogens (tertiary/aromatic N) is 2. The number of halogens is 3. The second-order valence-corrected chi connectivity index (χ2v) is 10.9. The number of carbonyl (C=O) groups excluding carboxylic acids is 1. The van der Waals surface area contributed by atoms with Gasteiger partial charge in [0.05, 0.1) is 16.1 Å². The van der Waals surface area contributed by atoms with Gasteiger partial charge in [-0.2, -0.15) is 13.2 Å². The molecule has 2 heterocycles. The van der Waals surface area contributed by atoms with Crippen LogP contribution < -0.4 is 9.04 Å². The Bertz CT molecular complexity index is 1630. The lowest BCUT2D eigenvalue weighted by Crippen LogP contribution is -2.41. The van der Waals surface area contributed by atoms with E-state index in [4.69, 9.17) is 9.15 Å². The van der Waals surface area contributed by atoms with Gasteiger partial charge < -0.3 is 9.15 Å². The van der Waals surface area contributed by atoms with Crippen molar-refractivity contribution >= 4 is 21.5 Å². The second kappa shape index (κ2) is 9.88. The van der Waals surface area contributed by atoms with Crippen molar-refractivity contribution in [2.24, 2.45) is 0 Å². The van der Waals surface area contributed by atoms with Gasteiger partial charge in [-0.1, -0.05) is 18.2 Å². The number of alkyl halides is 3. The van der Waals surface area contributed by atoms with Crippen LogP contribution in [0.25, 0.3) is 11.5 Å². The van der Waals surface area contributed by atoms with Gasteiger partial charge in [0.25, 0.3) is 10.0 Å². The number of Topliss-reactive ketones (excluding diaryl/α,β-unsaturated/α-hetero) is 1. The molecule has 0 spiro atoms. The number of benzene rings is 3. The highest BCUT2D eigenvalue weighted by molar-refractivity contribution is 7.93. The fourth-order valence-electron chi connectivity index (χ4n) is 4.42. The molecule has 0 fully saturated rings. The van der Waals surface area contributed by atoms with Crippen LogP contribution >= 0.6 is 0 Å². The van der Waals surface area contributed by atoms with Crippen LogP contribution in [0.1, 0.15) is 29.5 Å². The maximum absolute atomic E-state index is 13.5. The van der Waals surface area contributed by atoms with Crippen molar-refractivity contribution < 1.29 is 35.5 Å². The third-order valence-electron chi connectivity index (χ3n) is 6.50. The summed E-state index contributed by atoms with van der Waals surface area (Å²) in [6.07, 6.45) is -4.12. The molecule has 1 aromatic heterocycles. The van der Waals surface area contributed by atoms with Crippen molar-refractivity contribution in [1.29, 1.82) is 0 Å². The smallest absolute Gasteiger partial charge is 0.416 e. The van der Waals surface area contributed by atoms with E-state index in [2.05, 4.69) is 4.98 Å². The molecule has 11 heteroatoms. The van der Waals surface area contributed by atoms with E-state index in [0.717, 1.165) is 17.7 Å². The van der Waals surface area contributed by atoms with Gasteiger partial charge in [0, 0.05) is 12.0 Å². The van der Waals surface area contributed by atoms with E-state index < -0.39 is 27.8 Å². The predicted molar refractivity (Wildman–Crippen MR) is 137 cm³/mol. The summed E-state index contributed by atoms with van der Waals surface area (Å²) in [4.78, 5) is 16.6. The lowest BCUT2D eigenvalue weighted by Gasteiger charge is -2.25. The minimum Gasteiger partial charge on any atom is -0.487 e. The number of fused-ring (bicyclic) bond motifs is 1. The average Bonchev–Trinajstić information content (AvgIpc) is 3.48. The number of hydrogen-bond acceptors (Lipinski definition) is 6. The number of ketones is 1. The van der Waals surface area contributed by atoms with Gasteiger partial charge >= 0.3 is 6.18 Å². The zero-order chi connectivity index (χ0) is 27.9. The summed E-state index contributed by atoms with van der Waals surface area (Å²) in [5.41, 5.74) is 1.34. The molecule has 1 atom stereocenters. The largest absolute Gasteiger partial charge is 0.487 e. The number of aromatic nitrogens is 1. The first kappa shape index (κ1) is 26.5. The van der Waals surface area contributed by atoms with E-state index in [9.17, 15) is 26.4 Å². The van der Waals surface area contributed by atoms with E-state index in [1.807, 2.05) is 6.07 Å². The molecule has 0 N–H and O–H groups in total. The van der Waals surface area contributed by atoms with E-state index in [1.54, 1.807) is 25.1 Å². The molecule has 1 aliphatic rings. The minimum absolute atomic E-state index is 0.00598. The third kappa shape index (κ3) is 5.14. The molecule has 0 bridgehead atoms. The zero-order valence-electron chi connectivity index (χ0n) is 20.9. The van der Waals surface area contributed by atoms with Gasteiger partial charge in [0.15, 0.2) is 5.78 Å². The molecule has 0 unspecified atom stereocenters. The molecule has 0 saturated carbocycles. The van der Waals surface area contributed by atoms with E-state index in [0.29, 0.717) is 34.9 Å². The Hall–Kier alpha value is -4.12. The Balaban J connectivity index is 1.30. The molecule has 39 heavy (non-hydrogen) atoms. The fourth-order valence-corrected chi connectivity index (χ4v) is 6.13. The summed E-state index contributed by atoms with van der Waals surface area (Å²) in [5.74, 6) is 0.727. The maximum atomic E-state index is 13.5. The first-order valence-electron chi connectivity index (χ1n) is 11.9. The lowest BCUT2D eigenvalue weighted by molar-refractivity contribution is -0.137. The molecule has 4 aromatic rings. The summed E-state index contributed by atoms with van der Waals surface area (Å²) < 4.78 is 78.0. The van der Waals surface area contributed by atoms with Gasteiger partial charge in [0.1, 0.15) is 29.9 Å². The van der Waals surface area contributed by atoms with Crippen LogP contribution in [0.3, 0.4) is 0 Å². The number of rotatable bonds is 7. The van der Waals surface area contributed by atoms with E-state index in [1.165, 1.54) is 47.6 Å². The van der Waals surface area contributed by atoms with Crippen molar-refractivity contribution in [2.45, 2.75) is 44.0 Å². The number of sulfonamides is 1. The van der Waals surface area contributed by atoms with Crippen LogP contribution in [0.4, 0.5) is 18.9 Å². The first-order chi connectivity index (χ1) is 18.4. The number of ether oxygens (including phenoxy) is 1. The Morgan fingerprint density at radius 3 is 2.36 bits per heavy atom. The zero-order valence-corrected chi connectivity index (χ0v) is 21.7. The molecule has 0 aliphatic carbocycles. The van der Waals surface area contributed by atoms with Crippen LogP contribution in [-0.2, 0) is 34.0 Å². The summed E-state index contributed by atoms with van der Waals surface area (Å²) >= 11 is 0. The van der Waals surface area contributed by atoms with Gasteiger partial charge in [-0.3, -0.25) is 9.10 Å². The Morgan fingerprint density at radius 1 is 1.05 bits per heavy atom. The summed E-state index contributed by atoms with van der Waals surface area (Å²) in [6, 6.07) is 16.5. The van der Waals surface area contributed by atoms with Gasteiger partial charge in [-0.25, -0.2) is 13.4 Å². The number of hydrogen-bond donors (Lipinski definition) is 0. The van der Waals surface area contributed by atoms with Crippen LogP contribution in [0.5, 0.6) is 5.75 Å². The van der Waals surface area contributed by atoms with Crippen molar-refractivity contribution in [3.8, 4) is 17.2 Å². The number of carbonyl (C=O) groups is 1. The van der Waals surface area contributed by atoms with Gasteiger partial charge in [-0.15, -0.1) is 0 Å². The Morgan fingerprint density at radius 2 is 1.72 bits per heavy atom. The average molecular weight is 557 g/mol. The highest BCUT2D eigenvalue weighted by atomic mass is 32.2. The van der Waals surface area contributed by atoms with Gasteiger partial charge in [-0.05, 0) is 74.0 Å². The second-order valence-electron chi connectivity index (χ2n) is 9.12. The molecule has 1 aliphatic heterocycles. The standard InChI is InChI=1S/C28H23F3N2O5S/c1-17(34)26-15-20-5-3-4-6-25(20)33(26)39(35,36)23-13-11-22(12-14-23)37-16-24-18(2)38-27(32-24)19-7-9-21(10-8-19)28(29,30)31/h3-14,26H,15-16H2,1-2H3/t26-/m1/s1. The van der Waals surface area contributed by atoms with E-state index in [-0.39, 0.29) is 23.2 Å². The molecule has 0 amide bonds. The SMILES string of the molecule is CC(=O)[C@H]1Cc2ccccc2N1S(=O)(=O)c1ccc(OCc2nc(-c3ccc(C(F)(F)F)cc3)oc2C)cc1. The van der Waals surface area contributed by atoms with E-state index >= 15 is 0 Å². The lowest BCUT2D eigenvalue weighted by atomic mass is 10.1. The summed E-state index contributed by atoms with van der Waals surface area (Å²) in [6.45, 7) is 3.03. The minimum atomic E-state index is -4.44.